The van der Waals surface area contributed by atoms with E-state index in [1.165, 1.54) is 30.9 Å². The number of carbonyl (C=O) groups excluding carboxylic acids is 3. The zero-order valence-electron chi connectivity index (χ0n) is 18.6. The van der Waals surface area contributed by atoms with Crippen LogP contribution in [0.25, 0.3) is 11.3 Å². The van der Waals surface area contributed by atoms with E-state index in [2.05, 4.69) is 22.5 Å². The predicted molar refractivity (Wildman–Crippen MR) is 126 cm³/mol. The summed E-state index contributed by atoms with van der Waals surface area (Å²) >= 11 is 1.28. The number of thiazole rings is 1. The average Bonchev–Trinajstić information content (AvgIpc) is 3.30. The van der Waals surface area contributed by atoms with Crippen molar-refractivity contribution >= 4 is 34.3 Å². The van der Waals surface area contributed by atoms with Crippen LogP contribution < -0.4 is 15.4 Å². The summed E-state index contributed by atoms with van der Waals surface area (Å²) in [7, 11) is 1.45. The van der Waals surface area contributed by atoms with Crippen LogP contribution in [0.5, 0.6) is 5.75 Å². The number of carbonyl (C=O) groups is 3. The molecule has 1 atom stereocenters. The van der Waals surface area contributed by atoms with Crippen molar-refractivity contribution in [3.63, 3.8) is 0 Å². The van der Waals surface area contributed by atoms with Gasteiger partial charge in [-0.05, 0) is 31.0 Å². The molecular formula is C24H25N3O5S. The number of para-hydroxylation sites is 1. The van der Waals surface area contributed by atoms with Crippen molar-refractivity contribution in [2.75, 3.05) is 19.0 Å². The number of amides is 2. The van der Waals surface area contributed by atoms with Crippen molar-refractivity contribution in [1.82, 2.24) is 10.3 Å². The molecule has 0 aliphatic rings. The first-order chi connectivity index (χ1) is 15.9. The number of nitrogens with zero attached hydrogens (tertiary/aromatic N) is 1. The molecule has 0 aliphatic carbocycles. The number of ether oxygens (including phenoxy) is 2. The van der Waals surface area contributed by atoms with Gasteiger partial charge in [-0.15, -0.1) is 11.3 Å². The van der Waals surface area contributed by atoms with Crippen molar-refractivity contribution in [2.45, 2.75) is 26.4 Å². The Bertz CT molecular complexity index is 1130. The number of methoxy groups -OCH3 is 1. The van der Waals surface area contributed by atoms with Crippen molar-refractivity contribution < 1.29 is 23.9 Å². The Morgan fingerprint density at radius 1 is 1.09 bits per heavy atom. The summed E-state index contributed by atoms with van der Waals surface area (Å²) in [5, 5.41) is 7.37. The van der Waals surface area contributed by atoms with Crippen molar-refractivity contribution in [3.05, 3.63) is 65.0 Å². The van der Waals surface area contributed by atoms with Gasteiger partial charge in [0.1, 0.15) is 12.3 Å². The molecule has 1 unspecified atom stereocenters. The largest absolute Gasteiger partial charge is 0.496 e. The Hall–Kier alpha value is -3.72. The van der Waals surface area contributed by atoms with Gasteiger partial charge in [0, 0.05) is 10.9 Å². The smallest absolute Gasteiger partial charge is 0.326 e. The SMILES string of the molecule is CCc1ccc(-c2csc(NC(=O)C(C)OC(=O)CNC(=O)c3ccccc3OC)n2)cc1. The Labute approximate surface area is 196 Å². The maximum absolute atomic E-state index is 12.4. The lowest BCUT2D eigenvalue weighted by Gasteiger charge is -2.13. The Balaban J connectivity index is 1.49. The molecule has 0 saturated carbocycles. The van der Waals surface area contributed by atoms with Crippen LogP contribution >= 0.6 is 11.3 Å². The zero-order valence-corrected chi connectivity index (χ0v) is 19.4. The number of hydrogen-bond acceptors (Lipinski definition) is 7. The van der Waals surface area contributed by atoms with Crippen LogP contribution in [0.15, 0.2) is 53.9 Å². The van der Waals surface area contributed by atoms with E-state index in [1.807, 2.05) is 29.6 Å². The molecule has 0 radical (unpaired) electrons. The predicted octanol–water partition coefficient (Wildman–Crippen LogP) is 3.68. The summed E-state index contributed by atoms with van der Waals surface area (Å²) in [5.41, 5.74) is 3.23. The first kappa shape index (κ1) is 23.9. The van der Waals surface area contributed by atoms with E-state index in [0.717, 1.165) is 17.7 Å². The Morgan fingerprint density at radius 3 is 2.52 bits per heavy atom. The molecule has 33 heavy (non-hydrogen) atoms. The fourth-order valence-electron chi connectivity index (χ4n) is 2.95. The van der Waals surface area contributed by atoms with Gasteiger partial charge in [0.2, 0.25) is 0 Å². The number of esters is 1. The minimum Gasteiger partial charge on any atom is -0.496 e. The van der Waals surface area contributed by atoms with Gasteiger partial charge in [-0.1, -0.05) is 43.3 Å². The third-order valence-electron chi connectivity index (χ3n) is 4.81. The second-order valence-corrected chi connectivity index (χ2v) is 7.95. The van der Waals surface area contributed by atoms with Gasteiger partial charge >= 0.3 is 5.97 Å². The molecule has 8 nitrogen and oxygen atoms in total. The Kier molecular flexibility index (Phi) is 8.15. The molecule has 2 aromatic carbocycles. The number of benzene rings is 2. The zero-order chi connectivity index (χ0) is 23.8. The molecule has 0 spiro atoms. The van der Waals surface area contributed by atoms with Gasteiger partial charge in [-0.2, -0.15) is 0 Å². The van der Waals surface area contributed by atoms with Crippen LogP contribution in [-0.4, -0.2) is 42.5 Å². The molecule has 3 rings (SSSR count). The summed E-state index contributed by atoms with van der Waals surface area (Å²) in [6.07, 6.45) is -0.101. The van der Waals surface area contributed by atoms with Gasteiger partial charge in [-0.3, -0.25) is 19.7 Å². The lowest BCUT2D eigenvalue weighted by atomic mass is 10.1. The monoisotopic (exact) mass is 467 g/mol. The highest BCUT2D eigenvalue weighted by atomic mass is 32.1. The average molecular weight is 468 g/mol. The van der Waals surface area contributed by atoms with Crippen LogP contribution in [0.3, 0.4) is 0 Å². The Morgan fingerprint density at radius 2 is 1.82 bits per heavy atom. The standard InChI is InChI=1S/C24H25N3O5S/c1-4-16-9-11-17(12-10-16)19-14-33-24(26-19)27-22(29)15(2)32-21(28)13-25-23(30)18-7-5-6-8-20(18)31-3/h5-12,14-15H,4,13H2,1-3H3,(H,25,30)(H,26,27,29). The van der Waals surface area contributed by atoms with Gasteiger partial charge in [0.15, 0.2) is 11.2 Å². The van der Waals surface area contributed by atoms with Crippen LogP contribution in [0.2, 0.25) is 0 Å². The van der Waals surface area contributed by atoms with E-state index >= 15 is 0 Å². The van der Waals surface area contributed by atoms with E-state index in [1.54, 1.807) is 24.3 Å². The van der Waals surface area contributed by atoms with Gasteiger partial charge in [0.25, 0.3) is 11.8 Å². The summed E-state index contributed by atoms with van der Waals surface area (Å²) in [6, 6.07) is 14.7. The molecule has 0 saturated heterocycles. The van der Waals surface area contributed by atoms with Crippen LogP contribution in [0, 0.1) is 0 Å². The first-order valence-electron chi connectivity index (χ1n) is 10.4. The molecule has 172 valence electrons. The molecule has 0 aliphatic heterocycles. The highest BCUT2D eigenvalue weighted by Crippen LogP contribution is 2.25. The molecule has 9 heteroatoms. The number of rotatable bonds is 9. The minimum atomic E-state index is -1.06. The van der Waals surface area contributed by atoms with Gasteiger partial charge < -0.3 is 14.8 Å². The lowest BCUT2D eigenvalue weighted by Crippen LogP contribution is -2.35. The third kappa shape index (κ3) is 6.39. The number of aryl methyl sites for hydroxylation is 1. The topological polar surface area (TPSA) is 107 Å². The summed E-state index contributed by atoms with van der Waals surface area (Å²) in [6.45, 7) is 3.16. The summed E-state index contributed by atoms with van der Waals surface area (Å²) in [4.78, 5) is 41.2. The maximum Gasteiger partial charge on any atom is 0.326 e. The van der Waals surface area contributed by atoms with Crippen molar-refractivity contribution in [2.24, 2.45) is 0 Å². The van der Waals surface area contributed by atoms with Crippen molar-refractivity contribution in [1.29, 1.82) is 0 Å². The number of hydrogen-bond donors (Lipinski definition) is 2. The van der Waals surface area contributed by atoms with E-state index in [9.17, 15) is 14.4 Å². The highest BCUT2D eigenvalue weighted by Gasteiger charge is 2.20. The lowest BCUT2D eigenvalue weighted by molar-refractivity contribution is -0.152. The number of nitrogens with one attached hydrogen (secondary N) is 2. The number of aromatic nitrogens is 1. The van der Waals surface area contributed by atoms with E-state index in [-0.39, 0.29) is 6.54 Å². The van der Waals surface area contributed by atoms with E-state index < -0.39 is 23.9 Å². The maximum atomic E-state index is 12.4. The van der Waals surface area contributed by atoms with Gasteiger partial charge in [-0.25, -0.2) is 4.98 Å². The minimum absolute atomic E-state index is 0.294. The normalized spacial score (nSPS) is 11.4. The van der Waals surface area contributed by atoms with Crippen LogP contribution in [0.1, 0.15) is 29.8 Å². The number of anilines is 1. The fourth-order valence-corrected chi connectivity index (χ4v) is 3.68. The molecule has 3 aromatic rings. The van der Waals surface area contributed by atoms with Crippen LogP contribution in [0.4, 0.5) is 5.13 Å². The molecule has 2 amide bonds. The fraction of sp³-hybridized carbons (Fsp3) is 0.250. The van der Waals surface area contributed by atoms with E-state index in [4.69, 9.17) is 9.47 Å². The molecule has 0 bridgehead atoms. The first-order valence-corrected chi connectivity index (χ1v) is 11.3. The molecule has 0 fully saturated rings. The molecule has 2 N–H and O–H groups in total. The third-order valence-corrected chi connectivity index (χ3v) is 5.57. The van der Waals surface area contributed by atoms with Gasteiger partial charge in [0.05, 0.1) is 18.4 Å². The molecule has 1 heterocycles. The molecular weight excluding hydrogens is 442 g/mol. The quantitative estimate of drug-likeness (QED) is 0.465. The summed E-state index contributed by atoms with van der Waals surface area (Å²) < 4.78 is 10.3. The summed E-state index contributed by atoms with van der Waals surface area (Å²) in [5.74, 6) is -1.34. The second kappa shape index (κ2) is 11.2. The second-order valence-electron chi connectivity index (χ2n) is 7.09. The molecule has 1 aromatic heterocycles. The highest BCUT2D eigenvalue weighted by molar-refractivity contribution is 7.14. The van der Waals surface area contributed by atoms with Crippen molar-refractivity contribution in [3.8, 4) is 17.0 Å². The van der Waals surface area contributed by atoms with Crippen LogP contribution in [-0.2, 0) is 20.7 Å². The van der Waals surface area contributed by atoms with E-state index in [0.29, 0.717) is 16.4 Å².